The van der Waals surface area contributed by atoms with Crippen LogP contribution in [0, 0.1) is 6.92 Å². The Morgan fingerprint density at radius 1 is 1.11 bits per heavy atom. The lowest BCUT2D eigenvalue weighted by molar-refractivity contribution is -0.145. The zero-order valence-electron chi connectivity index (χ0n) is 22.2. The maximum Gasteiger partial charge on any atom is 0.306 e. The predicted octanol–water partition coefficient (Wildman–Crippen LogP) is 6.56. The van der Waals surface area contributed by atoms with Gasteiger partial charge in [0.05, 0.1) is 13.0 Å². The number of ether oxygens (including phenoxy) is 3. The Bertz CT molecular complexity index is 1220. The summed E-state index contributed by atoms with van der Waals surface area (Å²) in [6.07, 6.45) is 0.675. The number of benzene rings is 3. The van der Waals surface area contributed by atoms with Crippen molar-refractivity contribution in [1.29, 1.82) is 0 Å². The van der Waals surface area contributed by atoms with Gasteiger partial charge in [-0.2, -0.15) is 4.31 Å². The first-order valence-corrected chi connectivity index (χ1v) is 14.3. The summed E-state index contributed by atoms with van der Waals surface area (Å²) in [6, 6.07) is 22.8. The van der Waals surface area contributed by atoms with Crippen molar-refractivity contribution in [3.63, 3.8) is 0 Å². The molecule has 0 saturated heterocycles. The van der Waals surface area contributed by atoms with Gasteiger partial charge in [-0.1, -0.05) is 60.7 Å². The molecule has 2 atom stereocenters. The summed E-state index contributed by atoms with van der Waals surface area (Å²) in [6.45, 7) is 5.38. The number of esters is 1. The predicted molar refractivity (Wildman–Crippen MR) is 149 cm³/mol. The van der Waals surface area contributed by atoms with Crippen molar-refractivity contribution in [2.24, 2.45) is 0 Å². The monoisotopic (exact) mass is 539 g/mol. The Balaban J connectivity index is 1.53. The van der Waals surface area contributed by atoms with Gasteiger partial charge >= 0.3 is 5.97 Å². The summed E-state index contributed by atoms with van der Waals surface area (Å²) in [4.78, 5) is 13.2. The SMILES string of the molecule is COCCC(CC(=O)OCc1ccccc1)c1ccc(C)c(CN2C[C@@H](C)Oc3ccccc3S2(O)O)c1. The van der Waals surface area contributed by atoms with Crippen LogP contribution in [0.2, 0.25) is 0 Å². The lowest BCUT2D eigenvalue weighted by Gasteiger charge is -2.42. The highest BCUT2D eigenvalue weighted by molar-refractivity contribution is 8.22. The quantitative estimate of drug-likeness (QED) is 0.282. The van der Waals surface area contributed by atoms with Crippen molar-refractivity contribution in [2.75, 3.05) is 20.3 Å². The van der Waals surface area contributed by atoms with Crippen LogP contribution in [0.3, 0.4) is 0 Å². The average molecular weight is 540 g/mol. The Morgan fingerprint density at radius 2 is 1.84 bits per heavy atom. The molecule has 204 valence electrons. The molecule has 8 heteroatoms. The second-order valence-corrected chi connectivity index (χ2v) is 11.7. The van der Waals surface area contributed by atoms with Crippen molar-refractivity contribution in [1.82, 2.24) is 4.31 Å². The molecule has 1 heterocycles. The minimum Gasteiger partial charge on any atom is -0.487 e. The zero-order valence-corrected chi connectivity index (χ0v) is 23.0. The van der Waals surface area contributed by atoms with Crippen LogP contribution in [0.5, 0.6) is 5.75 Å². The van der Waals surface area contributed by atoms with Crippen LogP contribution >= 0.6 is 10.8 Å². The van der Waals surface area contributed by atoms with Gasteiger partial charge in [0.15, 0.2) is 0 Å². The second kappa shape index (κ2) is 12.8. The summed E-state index contributed by atoms with van der Waals surface area (Å²) in [7, 11) is -1.60. The average Bonchev–Trinajstić information content (AvgIpc) is 3.00. The van der Waals surface area contributed by atoms with Gasteiger partial charge in [-0.3, -0.25) is 13.9 Å². The molecule has 0 radical (unpaired) electrons. The minimum atomic E-state index is -3.25. The van der Waals surface area contributed by atoms with E-state index in [0.29, 0.717) is 36.8 Å². The molecule has 0 aliphatic carbocycles. The van der Waals surface area contributed by atoms with E-state index < -0.39 is 10.8 Å². The third kappa shape index (κ3) is 6.95. The highest BCUT2D eigenvalue weighted by Gasteiger charge is 2.34. The smallest absolute Gasteiger partial charge is 0.306 e. The first-order valence-electron chi connectivity index (χ1n) is 12.8. The number of nitrogens with zero attached hydrogens (tertiary/aromatic N) is 1. The number of carbonyl (C=O) groups is 1. The number of aryl methyl sites for hydroxylation is 1. The van der Waals surface area contributed by atoms with Crippen LogP contribution in [0.1, 0.15) is 47.9 Å². The van der Waals surface area contributed by atoms with Gasteiger partial charge in [0.1, 0.15) is 23.4 Å². The molecule has 1 unspecified atom stereocenters. The number of methoxy groups -OCH3 is 1. The fourth-order valence-electron chi connectivity index (χ4n) is 4.66. The standard InChI is InChI=1S/C30H37NO6S/c1-22-13-14-25(26(15-16-35-3)18-30(32)36-21-24-9-5-4-6-10-24)17-27(22)20-31-19-23(2)37-28-11-7-8-12-29(28)38(31,33)34/h4-14,17,23,26,33-34H,15-16,18-21H2,1-3H3/t23-,26?/m1/s1. The largest absolute Gasteiger partial charge is 0.487 e. The molecule has 0 spiro atoms. The number of hydrogen-bond acceptors (Lipinski definition) is 7. The molecule has 7 nitrogen and oxygen atoms in total. The van der Waals surface area contributed by atoms with Gasteiger partial charge in [-0.05, 0) is 60.6 Å². The van der Waals surface area contributed by atoms with Crippen LogP contribution in [0.15, 0.2) is 77.7 Å². The minimum absolute atomic E-state index is 0.0925. The van der Waals surface area contributed by atoms with Crippen LogP contribution in [0.25, 0.3) is 0 Å². The molecule has 1 aliphatic rings. The van der Waals surface area contributed by atoms with E-state index in [1.54, 1.807) is 29.6 Å². The topological polar surface area (TPSA) is 88.5 Å². The molecule has 2 N–H and O–H groups in total. The van der Waals surface area contributed by atoms with E-state index in [-0.39, 0.29) is 31.0 Å². The lowest BCUT2D eigenvalue weighted by Crippen LogP contribution is -2.33. The highest BCUT2D eigenvalue weighted by atomic mass is 32.3. The zero-order chi connectivity index (χ0) is 27.1. The van der Waals surface area contributed by atoms with Crippen molar-refractivity contribution in [2.45, 2.75) is 56.8 Å². The van der Waals surface area contributed by atoms with Gasteiger partial charge in [0.25, 0.3) is 0 Å². The van der Waals surface area contributed by atoms with Crippen LogP contribution in [-0.4, -0.2) is 45.7 Å². The number of hydrogen-bond donors (Lipinski definition) is 2. The van der Waals surface area contributed by atoms with Gasteiger partial charge < -0.3 is 14.2 Å². The molecule has 3 aromatic carbocycles. The summed E-state index contributed by atoms with van der Waals surface area (Å²) in [5, 5.41) is 0. The molecule has 38 heavy (non-hydrogen) atoms. The maximum atomic E-state index is 12.8. The van der Waals surface area contributed by atoms with Crippen molar-refractivity contribution in [3.8, 4) is 5.75 Å². The Labute approximate surface area is 226 Å². The van der Waals surface area contributed by atoms with E-state index in [0.717, 1.165) is 22.3 Å². The number of carbonyl (C=O) groups excluding carboxylic acids is 1. The Hall–Kier alpha value is -2.88. The first-order chi connectivity index (χ1) is 18.3. The lowest BCUT2D eigenvalue weighted by atomic mass is 9.90. The second-order valence-electron chi connectivity index (χ2n) is 9.73. The summed E-state index contributed by atoms with van der Waals surface area (Å²) < 4.78 is 41.2. The summed E-state index contributed by atoms with van der Waals surface area (Å²) >= 11 is 0. The third-order valence-corrected chi connectivity index (χ3v) is 8.74. The fraction of sp³-hybridized carbons (Fsp3) is 0.367. The highest BCUT2D eigenvalue weighted by Crippen LogP contribution is 2.57. The van der Waals surface area contributed by atoms with E-state index in [1.807, 2.05) is 62.4 Å². The molecule has 4 rings (SSSR count). The molecular weight excluding hydrogens is 502 g/mol. The molecule has 0 bridgehead atoms. The molecule has 3 aromatic rings. The Kier molecular flexibility index (Phi) is 9.46. The van der Waals surface area contributed by atoms with Crippen LogP contribution in [-0.2, 0) is 27.4 Å². The van der Waals surface area contributed by atoms with E-state index >= 15 is 0 Å². The van der Waals surface area contributed by atoms with Crippen molar-refractivity contribution >= 4 is 16.7 Å². The molecule has 0 saturated carbocycles. The van der Waals surface area contributed by atoms with Gasteiger partial charge in [-0.15, -0.1) is 10.8 Å². The van der Waals surface area contributed by atoms with E-state index in [2.05, 4.69) is 6.07 Å². The number of para-hydroxylation sites is 1. The van der Waals surface area contributed by atoms with E-state index in [4.69, 9.17) is 14.2 Å². The van der Waals surface area contributed by atoms with Crippen molar-refractivity contribution in [3.05, 3.63) is 95.1 Å². The third-order valence-electron chi connectivity index (χ3n) is 6.81. The van der Waals surface area contributed by atoms with Gasteiger partial charge in [-0.25, -0.2) is 0 Å². The summed E-state index contributed by atoms with van der Waals surface area (Å²) in [5.74, 6) is 0.146. The normalized spacial score (nSPS) is 18.5. The first kappa shape index (κ1) is 28.1. The number of rotatable bonds is 10. The van der Waals surface area contributed by atoms with E-state index in [1.165, 1.54) is 0 Å². The molecule has 0 fully saturated rings. The fourth-order valence-corrected chi connectivity index (χ4v) is 6.32. The van der Waals surface area contributed by atoms with E-state index in [9.17, 15) is 13.9 Å². The van der Waals surface area contributed by atoms with Gasteiger partial charge in [0.2, 0.25) is 0 Å². The maximum absolute atomic E-state index is 12.8. The van der Waals surface area contributed by atoms with Gasteiger partial charge in [0, 0.05) is 20.3 Å². The number of fused-ring (bicyclic) bond motifs is 1. The molecule has 1 aliphatic heterocycles. The summed E-state index contributed by atoms with van der Waals surface area (Å²) in [5.41, 5.74) is 3.94. The molecular formula is C30H37NO6S. The van der Waals surface area contributed by atoms with Crippen LogP contribution < -0.4 is 4.74 Å². The van der Waals surface area contributed by atoms with Crippen LogP contribution in [0.4, 0.5) is 0 Å². The van der Waals surface area contributed by atoms with Crippen molar-refractivity contribution < 1.29 is 28.1 Å². The Morgan fingerprint density at radius 3 is 2.61 bits per heavy atom. The molecule has 0 aromatic heterocycles. The molecule has 0 amide bonds.